The van der Waals surface area contributed by atoms with Crippen LogP contribution in [0.15, 0.2) is 36.4 Å². The van der Waals surface area contributed by atoms with Gasteiger partial charge in [0.2, 0.25) is 0 Å². The zero-order valence-corrected chi connectivity index (χ0v) is 24.1. The number of hydrogen-bond donors (Lipinski definition) is 2. The number of carbonyl (C=O) groups is 2. The highest BCUT2D eigenvalue weighted by Gasteiger charge is 2.40. The third-order valence-electron chi connectivity index (χ3n) is 6.77. The average molecular weight is 552 g/mol. The fourth-order valence-corrected chi connectivity index (χ4v) is 5.54. The molecule has 1 aliphatic rings. The van der Waals surface area contributed by atoms with E-state index in [1.807, 2.05) is 17.0 Å². The van der Waals surface area contributed by atoms with E-state index in [1.165, 1.54) is 6.07 Å². The minimum Gasteiger partial charge on any atom is -0.450 e. The van der Waals surface area contributed by atoms with Crippen LogP contribution in [0.1, 0.15) is 56.0 Å². The summed E-state index contributed by atoms with van der Waals surface area (Å²) in [7, 11) is -1.83. The van der Waals surface area contributed by atoms with Gasteiger partial charge in [-0.05, 0) is 55.0 Å². The first-order valence-electron chi connectivity index (χ1n) is 13.4. The molecule has 0 saturated heterocycles. The molecular weight excluding hydrogens is 516 g/mol. The van der Waals surface area contributed by atoms with E-state index in [0.717, 1.165) is 36.5 Å². The van der Waals surface area contributed by atoms with Crippen molar-refractivity contribution in [3.05, 3.63) is 64.9 Å². The van der Waals surface area contributed by atoms with Crippen molar-refractivity contribution in [3.63, 3.8) is 0 Å². The van der Waals surface area contributed by atoms with E-state index in [4.69, 9.17) is 4.74 Å². The monoisotopic (exact) mass is 551 g/mol. The summed E-state index contributed by atoms with van der Waals surface area (Å²) < 4.78 is 34.2. The summed E-state index contributed by atoms with van der Waals surface area (Å²) in [6, 6.07) is 8.56. The van der Waals surface area contributed by atoms with Crippen molar-refractivity contribution in [2.75, 3.05) is 11.9 Å². The molecule has 0 bridgehead atoms. The second kappa shape index (κ2) is 11.6. The van der Waals surface area contributed by atoms with Crippen LogP contribution in [0.3, 0.4) is 0 Å². The van der Waals surface area contributed by atoms with Gasteiger partial charge in [-0.15, -0.1) is 5.54 Å². The normalized spacial score (nSPS) is 16.8. The Morgan fingerprint density at radius 2 is 1.87 bits per heavy atom. The van der Waals surface area contributed by atoms with E-state index in [-0.39, 0.29) is 24.1 Å². The molecule has 0 fully saturated rings. The molecule has 6 nitrogen and oxygen atoms in total. The Balaban J connectivity index is 1.88. The van der Waals surface area contributed by atoms with Gasteiger partial charge in [0.1, 0.15) is 19.7 Å². The van der Waals surface area contributed by atoms with E-state index in [0.29, 0.717) is 23.2 Å². The van der Waals surface area contributed by atoms with Crippen LogP contribution < -0.4 is 5.32 Å². The average Bonchev–Trinajstić information content (AvgIpc) is 3.24. The summed E-state index contributed by atoms with van der Waals surface area (Å²) in [5.74, 6) is 1.31. The highest BCUT2D eigenvalue weighted by Crippen LogP contribution is 2.43. The van der Waals surface area contributed by atoms with Crippen molar-refractivity contribution in [1.82, 2.24) is 9.88 Å². The van der Waals surface area contributed by atoms with Crippen molar-refractivity contribution in [1.29, 1.82) is 0 Å². The number of rotatable bonds is 6. The number of benzene rings is 2. The van der Waals surface area contributed by atoms with E-state index in [2.05, 4.69) is 48.3 Å². The lowest BCUT2D eigenvalue weighted by molar-refractivity contribution is -0.130. The summed E-state index contributed by atoms with van der Waals surface area (Å²) in [5, 5.41) is 3.17. The number of hydrogen-bond acceptors (Lipinski definition) is 3. The zero-order valence-electron chi connectivity index (χ0n) is 23.1. The highest BCUT2D eigenvalue weighted by atomic mass is 28.3. The Morgan fingerprint density at radius 3 is 2.51 bits per heavy atom. The maximum atomic E-state index is 14.9. The van der Waals surface area contributed by atoms with Gasteiger partial charge in [-0.2, -0.15) is 0 Å². The van der Waals surface area contributed by atoms with E-state index >= 15 is 0 Å². The van der Waals surface area contributed by atoms with Crippen LogP contribution in [0.5, 0.6) is 0 Å². The summed E-state index contributed by atoms with van der Waals surface area (Å²) in [5.41, 5.74) is 6.18. The van der Waals surface area contributed by atoms with Crippen molar-refractivity contribution in [3.8, 4) is 11.5 Å². The number of nitrogens with zero attached hydrogens (tertiary/aromatic N) is 1. The molecule has 0 spiro atoms. The predicted octanol–water partition coefficient (Wildman–Crippen LogP) is 6.93. The topological polar surface area (TPSA) is 74.4 Å². The molecule has 206 valence electrons. The first kappa shape index (κ1) is 28.4. The van der Waals surface area contributed by atoms with Gasteiger partial charge in [-0.1, -0.05) is 51.5 Å². The summed E-state index contributed by atoms with van der Waals surface area (Å²) in [4.78, 5) is 30.7. The number of aromatic nitrogens is 1. The molecule has 1 aromatic heterocycles. The van der Waals surface area contributed by atoms with Crippen molar-refractivity contribution in [2.45, 2.75) is 71.3 Å². The number of carbonyl (C=O) groups excluding carboxylic acids is 2. The largest absolute Gasteiger partial charge is 0.450 e. The number of unbranched alkanes of at least 4 members (excludes halogenated alkanes) is 1. The number of H-pyrrole nitrogens is 1. The second-order valence-corrected chi connectivity index (χ2v) is 15.7. The molecule has 2 heterocycles. The lowest BCUT2D eigenvalue weighted by atomic mass is 9.86. The highest BCUT2D eigenvalue weighted by molar-refractivity contribution is 6.84. The molecule has 4 rings (SSSR count). The van der Waals surface area contributed by atoms with Gasteiger partial charge >= 0.3 is 6.09 Å². The quantitative estimate of drug-likeness (QED) is 0.258. The summed E-state index contributed by atoms with van der Waals surface area (Å²) in [6.45, 7) is 10.3. The van der Waals surface area contributed by atoms with Gasteiger partial charge < -0.3 is 14.6 Å². The van der Waals surface area contributed by atoms with Gasteiger partial charge in [-0.3, -0.25) is 10.1 Å². The number of ether oxygens (including phenoxy) is 1. The number of amides is 2. The lowest BCUT2D eigenvalue weighted by Gasteiger charge is -2.41. The van der Waals surface area contributed by atoms with E-state index in [1.54, 1.807) is 19.1 Å². The SMILES string of the molecule is CCCC[C@H]1Cc2c([nH]c3c(F)cc(F)cc23)[C@H](c2ccc(NC(=O)OCC)cc2)N1C(=O)C#C[Si](C)(C)C. The Labute approximate surface area is 229 Å². The summed E-state index contributed by atoms with van der Waals surface area (Å²) in [6.07, 6.45) is 2.49. The molecule has 0 aliphatic carbocycles. The minimum atomic E-state index is -1.83. The number of fused-ring (bicyclic) bond motifs is 3. The summed E-state index contributed by atoms with van der Waals surface area (Å²) >= 11 is 0. The van der Waals surface area contributed by atoms with Gasteiger partial charge in [0.05, 0.1) is 18.2 Å². The molecular formula is C30H35F2N3O3Si. The Hall–Kier alpha value is -3.64. The van der Waals surface area contributed by atoms with Crippen LogP contribution in [0.25, 0.3) is 10.9 Å². The number of anilines is 1. The van der Waals surface area contributed by atoms with Crippen LogP contribution in [0.2, 0.25) is 19.6 Å². The van der Waals surface area contributed by atoms with Gasteiger partial charge in [-0.25, -0.2) is 13.6 Å². The number of aromatic amines is 1. The van der Waals surface area contributed by atoms with Gasteiger partial charge in [0.25, 0.3) is 5.91 Å². The van der Waals surface area contributed by atoms with Crippen LogP contribution in [0.4, 0.5) is 19.3 Å². The molecule has 2 amide bonds. The maximum absolute atomic E-state index is 14.9. The van der Waals surface area contributed by atoms with E-state index in [9.17, 15) is 18.4 Å². The predicted molar refractivity (Wildman–Crippen MR) is 152 cm³/mol. The van der Waals surface area contributed by atoms with Gasteiger partial charge in [0.15, 0.2) is 0 Å². The fraction of sp³-hybridized carbons (Fsp3) is 0.400. The van der Waals surface area contributed by atoms with Crippen LogP contribution in [-0.2, 0) is 16.0 Å². The lowest BCUT2D eigenvalue weighted by Crippen LogP contribution is -2.47. The molecule has 0 radical (unpaired) electrons. The fourth-order valence-electron chi connectivity index (χ4n) is 5.06. The molecule has 2 N–H and O–H groups in total. The standard InChI is InChI=1S/C30H35F2N3O3Si/c1-6-8-9-22-18-24-23-16-20(31)17-25(32)27(23)34-28(24)29(35(22)26(36)14-15-39(3,4)5)19-10-12-21(13-11-19)33-30(37)38-7-2/h10-13,16-17,22,29,34H,6-9,18H2,1-5H3,(H,33,37)/t22-,29-/m0/s1. The minimum absolute atomic E-state index is 0.200. The van der Waals surface area contributed by atoms with Crippen LogP contribution in [-0.4, -0.2) is 42.6 Å². The molecule has 1 aliphatic heterocycles. The second-order valence-electron chi connectivity index (χ2n) is 10.9. The smallest absolute Gasteiger partial charge is 0.411 e. The van der Waals surface area contributed by atoms with Crippen LogP contribution in [0, 0.1) is 23.1 Å². The van der Waals surface area contributed by atoms with Crippen molar-refractivity contribution < 1.29 is 23.1 Å². The first-order chi connectivity index (χ1) is 18.5. The van der Waals surface area contributed by atoms with Crippen molar-refractivity contribution in [2.24, 2.45) is 0 Å². The van der Waals surface area contributed by atoms with E-state index < -0.39 is 31.8 Å². The van der Waals surface area contributed by atoms with Crippen LogP contribution >= 0.6 is 0 Å². The first-order valence-corrected chi connectivity index (χ1v) is 16.9. The Kier molecular flexibility index (Phi) is 8.45. The Morgan fingerprint density at radius 1 is 1.15 bits per heavy atom. The number of halogens is 2. The molecule has 0 saturated carbocycles. The third kappa shape index (κ3) is 6.33. The molecule has 39 heavy (non-hydrogen) atoms. The molecule has 0 unspecified atom stereocenters. The van der Waals surface area contributed by atoms with Crippen molar-refractivity contribution >= 4 is 36.7 Å². The van der Waals surface area contributed by atoms with Gasteiger partial charge in [0, 0.05) is 28.9 Å². The molecule has 2 atom stereocenters. The molecule has 2 aromatic carbocycles. The zero-order chi connectivity index (χ0) is 28.3. The Bertz CT molecular complexity index is 1430. The maximum Gasteiger partial charge on any atom is 0.411 e. The molecule has 3 aromatic rings. The number of nitrogens with one attached hydrogen (secondary N) is 2. The molecule has 9 heteroatoms. The third-order valence-corrected chi connectivity index (χ3v) is 7.64.